The smallest absolute Gasteiger partial charge is 0.127 e. The number of hydrogen-bond donors (Lipinski definition) is 2. The van der Waals surface area contributed by atoms with Crippen LogP contribution in [0, 0.1) is 5.82 Å². The van der Waals surface area contributed by atoms with Gasteiger partial charge in [-0.1, -0.05) is 18.2 Å². The van der Waals surface area contributed by atoms with Gasteiger partial charge in [0.25, 0.3) is 0 Å². The molecule has 0 fully saturated rings. The molecule has 2 atom stereocenters. The first kappa shape index (κ1) is 11.1. The van der Waals surface area contributed by atoms with Crippen molar-refractivity contribution < 1.29 is 9.50 Å². The Balaban J connectivity index is 2.60. The van der Waals surface area contributed by atoms with E-state index in [1.165, 1.54) is 6.07 Å². The molecule has 0 amide bonds. The Morgan fingerprint density at radius 2 is 2.00 bits per heavy atom. The number of aliphatic hydroxyl groups excluding tert-OH is 1. The molecule has 0 saturated heterocycles. The molecule has 2 N–H and O–H groups in total. The maximum Gasteiger partial charge on any atom is 0.127 e. The van der Waals surface area contributed by atoms with Gasteiger partial charge in [-0.15, -0.1) is 0 Å². The topological polar surface area (TPSA) is 32.3 Å². The highest BCUT2D eigenvalue weighted by Gasteiger charge is 2.09. The molecule has 0 bridgehead atoms. The molecule has 0 heterocycles. The number of nitrogens with one attached hydrogen (secondary N) is 1. The molecule has 0 aliphatic rings. The Morgan fingerprint density at radius 1 is 1.36 bits per heavy atom. The monoisotopic (exact) mass is 197 g/mol. The summed E-state index contributed by atoms with van der Waals surface area (Å²) < 4.78 is 13.3. The van der Waals surface area contributed by atoms with Gasteiger partial charge in [0.2, 0.25) is 0 Å². The van der Waals surface area contributed by atoms with E-state index in [0.717, 1.165) is 0 Å². The van der Waals surface area contributed by atoms with E-state index in [-0.39, 0.29) is 11.9 Å². The summed E-state index contributed by atoms with van der Waals surface area (Å²) >= 11 is 0. The van der Waals surface area contributed by atoms with Crippen molar-refractivity contribution in [3.63, 3.8) is 0 Å². The molecule has 0 aliphatic carbocycles. The van der Waals surface area contributed by atoms with Crippen LogP contribution in [-0.4, -0.2) is 17.8 Å². The second-order valence-electron chi connectivity index (χ2n) is 3.50. The van der Waals surface area contributed by atoms with Gasteiger partial charge in [-0.05, 0) is 19.9 Å². The SMILES string of the molecule is C[C@@H](O)CN[C@H](C)c1ccccc1F. The molecule has 0 radical (unpaired) electrons. The van der Waals surface area contributed by atoms with Crippen LogP contribution in [0.25, 0.3) is 0 Å². The zero-order chi connectivity index (χ0) is 10.6. The van der Waals surface area contributed by atoms with Crippen LogP contribution in [0.2, 0.25) is 0 Å². The molecule has 0 aromatic heterocycles. The zero-order valence-electron chi connectivity index (χ0n) is 8.50. The lowest BCUT2D eigenvalue weighted by Crippen LogP contribution is -2.27. The summed E-state index contributed by atoms with van der Waals surface area (Å²) in [4.78, 5) is 0. The van der Waals surface area contributed by atoms with Crippen LogP contribution in [0.5, 0.6) is 0 Å². The summed E-state index contributed by atoms with van der Waals surface area (Å²) in [6.45, 7) is 4.04. The molecule has 78 valence electrons. The Bertz CT molecular complexity index is 288. The van der Waals surface area contributed by atoms with Gasteiger partial charge < -0.3 is 10.4 Å². The second kappa shape index (κ2) is 5.08. The molecule has 0 spiro atoms. The number of halogens is 1. The van der Waals surface area contributed by atoms with Gasteiger partial charge >= 0.3 is 0 Å². The Hall–Kier alpha value is -0.930. The van der Waals surface area contributed by atoms with Gasteiger partial charge in [-0.3, -0.25) is 0 Å². The first-order chi connectivity index (χ1) is 6.61. The van der Waals surface area contributed by atoms with Crippen molar-refractivity contribution in [3.05, 3.63) is 35.6 Å². The third kappa shape index (κ3) is 3.09. The Labute approximate surface area is 83.8 Å². The van der Waals surface area contributed by atoms with Crippen molar-refractivity contribution in [2.24, 2.45) is 0 Å². The van der Waals surface area contributed by atoms with Crippen molar-refractivity contribution in [1.29, 1.82) is 0 Å². The number of benzene rings is 1. The van der Waals surface area contributed by atoms with Crippen LogP contribution in [-0.2, 0) is 0 Å². The fourth-order valence-electron chi connectivity index (χ4n) is 1.28. The van der Waals surface area contributed by atoms with E-state index >= 15 is 0 Å². The molecule has 1 aromatic rings. The van der Waals surface area contributed by atoms with Gasteiger partial charge in [-0.2, -0.15) is 0 Å². The molecular weight excluding hydrogens is 181 g/mol. The van der Waals surface area contributed by atoms with Gasteiger partial charge in [0.05, 0.1) is 6.10 Å². The Kier molecular flexibility index (Phi) is 4.04. The van der Waals surface area contributed by atoms with Gasteiger partial charge in [0, 0.05) is 18.2 Å². The summed E-state index contributed by atoms with van der Waals surface area (Å²) in [5.74, 6) is -0.210. The minimum Gasteiger partial charge on any atom is -0.392 e. The van der Waals surface area contributed by atoms with Crippen LogP contribution >= 0.6 is 0 Å². The first-order valence-electron chi connectivity index (χ1n) is 4.77. The molecule has 14 heavy (non-hydrogen) atoms. The maximum atomic E-state index is 13.3. The van der Waals surface area contributed by atoms with Gasteiger partial charge in [0.1, 0.15) is 5.82 Å². The van der Waals surface area contributed by atoms with Crippen molar-refractivity contribution in [2.45, 2.75) is 26.0 Å². The predicted molar refractivity (Wildman–Crippen MR) is 54.5 cm³/mol. The van der Waals surface area contributed by atoms with E-state index in [1.54, 1.807) is 25.1 Å². The molecule has 1 aromatic carbocycles. The van der Waals surface area contributed by atoms with E-state index in [0.29, 0.717) is 12.1 Å². The quantitative estimate of drug-likeness (QED) is 0.772. The highest BCUT2D eigenvalue weighted by Crippen LogP contribution is 2.15. The standard InChI is InChI=1S/C11H16FNO/c1-8(14)7-13-9(2)10-5-3-4-6-11(10)12/h3-6,8-9,13-14H,7H2,1-2H3/t8-,9-/m1/s1. The minimum absolute atomic E-state index is 0.0780. The van der Waals surface area contributed by atoms with E-state index in [1.807, 2.05) is 6.92 Å². The van der Waals surface area contributed by atoms with E-state index in [2.05, 4.69) is 5.32 Å². The van der Waals surface area contributed by atoms with Crippen LogP contribution in [0.1, 0.15) is 25.5 Å². The summed E-state index contributed by atoms with van der Waals surface area (Å²) in [7, 11) is 0. The van der Waals surface area contributed by atoms with Crippen LogP contribution in [0.4, 0.5) is 4.39 Å². The van der Waals surface area contributed by atoms with E-state index in [4.69, 9.17) is 5.11 Å². The third-order valence-corrected chi connectivity index (χ3v) is 2.09. The van der Waals surface area contributed by atoms with Crippen molar-refractivity contribution in [1.82, 2.24) is 5.32 Å². The normalized spacial score (nSPS) is 15.1. The Morgan fingerprint density at radius 3 is 2.57 bits per heavy atom. The summed E-state index contributed by atoms with van der Waals surface area (Å²) in [5, 5.41) is 12.1. The average molecular weight is 197 g/mol. The lowest BCUT2D eigenvalue weighted by atomic mass is 10.1. The van der Waals surface area contributed by atoms with E-state index < -0.39 is 6.10 Å². The minimum atomic E-state index is -0.413. The van der Waals surface area contributed by atoms with Crippen LogP contribution in [0.15, 0.2) is 24.3 Å². The molecule has 0 saturated carbocycles. The summed E-state index contributed by atoms with van der Waals surface area (Å²) in [6, 6.07) is 6.58. The fraction of sp³-hybridized carbons (Fsp3) is 0.455. The number of hydrogen-bond acceptors (Lipinski definition) is 2. The molecular formula is C11H16FNO. The largest absolute Gasteiger partial charge is 0.392 e. The fourth-order valence-corrected chi connectivity index (χ4v) is 1.28. The predicted octanol–water partition coefficient (Wildman–Crippen LogP) is 1.86. The van der Waals surface area contributed by atoms with E-state index in [9.17, 15) is 4.39 Å². The third-order valence-electron chi connectivity index (χ3n) is 2.09. The molecule has 2 nitrogen and oxygen atoms in total. The number of aliphatic hydroxyl groups is 1. The van der Waals surface area contributed by atoms with Crippen molar-refractivity contribution in [3.8, 4) is 0 Å². The molecule has 0 unspecified atom stereocenters. The van der Waals surface area contributed by atoms with Crippen molar-refractivity contribution in [2.75, 3.05) is 6.54 Å². The molecule has 3 heteroatoms. The van der Waals surface area contributed by atoms with Gasteiger partial charge in [-0.25, -0.2) is 4.39 Å². The first-order valence-corrected chi connectivity index (χ1v) is 4.77. The van der Waals surface area contributed by atoms with Crippen molar-refractivity contribution >= 4 is 0 Å². The summed E-state index contributed by atoms with van der Waals surface area (Å²) in [6.07, 6.45) is -0.413. The lowest BCUT2D eigenvalue weighted by Gasteiger charge is -2.15. The van der Waals surface area contributed by atoms with Gasteiger partial charge in [0.15, 0.2) is 0 Å². The average Bonchev–Trinajstić information content (AvgIpc) is 2.15. The molecule has 0 aliphatic heterocycles. The molecule has 1 rings (SSSR count). The van der Waals surface area contributed by atoms with Crippen LogP contribution < -0.4 is 5.32 Å². The summed E-state index contributed by atoms with van der Waals surface area (Å²) in [5.41, 5.74) is 0.633. The lowest BCUT2D eigenvalue weighted by molar-refractivity contribution is 0.187. The zero-order valence-corrected chi connectivity index (χ0v) is 8.50. The highest BCUT2D eigenvalue weighted by atomic mass is 19.1. The van der Waals surface area contributed by atoms with Crippen LogP contribution in [0.3, 0.4) is 0 Å². The second-order valence-corrected chi connectivity index (χ2v) is 3.50. The maximum absolute atomic E-state index is 13.3. The highest BCUT2D eigenvalue weighted by molar-refractivity contribution is 5.20. The number of rotatable bonds is 4.